The van der Waals surface area contributed by atoms with Crippen molar-refractivity contribution in [3.05, 3.63) is 52.4 Å². The molecule has 0 fully saturated rings. The van der Waals surface area contributed by atoms with Crippen molar-refractivity contribution < 1.29 is 0 Å². The van der Waals surface area contributed by atoms with Crippen LogP contribution in [0.25, 0.3) is 0 Å². The second kappa shape index (κ2) is 7.03. The van der Waals surface area contributed by atoms with Crippen molar-refractivity contribution in [3.8, 4) is 0 Å². The molecule has 0 atom stereocenters. The molecule has 1 heterocycles. The summed E-state index contributed by atoms with van der Waals surface area (Å²) in [6, 6.07) is 12.5. The van der Waals surface area contributed by atoms with Crippen molar-refractivity contribution in [2.75, 3.05) is 5.32 Å². The first kappa shape index (κ1) is 16.0. The molecule has 2 aromatic rings. The third kappa shape index (κ3) is 5.12. The van der Waals surface area contributed by atoms with Gasteiger partial charge < -0.3 is 5.32 Å². The number of benzene rings is 1. The minimum absolute atomic E-state index is 0.0192. The summed E-state index contributed by atoms with van der Waals surface area (Å²) in [5.41, 5.74) is 1.35. The van der Waals surface area contributed by atoms with Crippen molar-refractivity contribution in [1.82, 2.24) is 9.97 Å². The highest BCUT2D eigenvalue weighted by Gasteiger charge is 2.18. The molecule has 0 aliphatic rings. The lowest BCUT2D eigenvalue weighted by Gasteiger charge is -2.27. The molecule has 0 aliphatic carbocycles. The largest absolute Gasteiger partial charge is 0.365 e. The van der Waals surface area contributed by atoms with Crippen LogP contribution in [0.5, 0.6) is 0 Å². The van der Waals surface area contributed by atoms with Crippen LogP contribution in [0.15, 0.2) is 41.0 Å². The van der Waals surface area contributed by atoms with Crippen LogP contribution in [0.4, 0.5) is 5.82 Å². The molecule has 0 amide bonds. The van der Waals surface area contributed by atoms with Gasteiger partial charge in [0.05, 0.1) is 0 Å². The first-order chi connectivity index (χ1) is 9.98. The Morgan fingerprint density at radius 2 is 1.86 bits per heavy atom. The summed E-state index contributed by atoms with van der Waals surface area (Å²) in [6.45, 7) is 6.47. The second-order valence-corrected chi connectivity index (χ2v) is 6.65. The molecule has 0 saturated heterocycles. The van der Waals surface area contributed by atoms with E-state index in [1.165, 1.54) is 5.56 Å². The van der Waals surface area contributed by atoms with Gasteiger partial charge >= 0.3 is 0 Å². The van der Waals surface area contributed by atoms with Crippen molar-refractivity contribution >= 4 is 21.7 Å². The second-order valence-electron chi connectivity index (χ2n) is 5.84. The molecular weight excluding hydrogens is 326 g/mol. The van der Waals surface area contributed by atoms with Gasteiger partial charge in [-0.15, -0.1) is 0 Å². The molecule has 1 N–H and O–H groups in total. The number of halogens is 1. The van der Waals surface area contributed by atoms with Crippen LogP contribution in [0.2, 0.25) is 0 Å². The molecule has 112 valence electrons. The Morgan fingerprint density at radius 1 is 1.14 bits per heavy atom. The fourth-order valence-electron chi connectivity index (χ4n) is 2.20. The van der Waals surface area contributed by atoms with E-state index in [9.17, 15) is 0 Å². The Hall–Kier alpha value is -1.42. The Labute approximate surface area is 135 Å². The summed E-state index contributed by atoms with van der Waals surface area (Å²) >= 11 is 3.45. The van der Waals surface area contributed by atoms with Crippen molar-refractivity contribution in [3.63, 3.8) is 0 Å². The van der Waals surface area contributed by atoms with E-state index in [0.29, 0.717) is 0 Å². The molecule has 0 radical (unpaired) electrons. The van der Waals surface area contributed by atoms with Crippen LogP contribution in [-0.2, 0) is 12.8 Å². The maximum absolute atomic E-state index is 4.54. The Bertz CT molecular complexity index is 582. The lowest BCUT2D eigenvalue weighted by Crippen LogP contribution is -2.32. The van der Waals surface area contributed by atoms with Crippen molar-refractivity contribution in [2.24, 2.45) is 0 Å². The van der Waals surface area contributed by atoms with Crippen LogP contribution >= 0.6 is 15.9 Å². The SMILES string of the molecule is CCc1nc(Br)cc(NC(C)(C)CCc2ccccc2)n1. The van der Waals surface area contributed by atoms with E-state index in [0.717, 1.165) is 35.5 Å². The Balaban J connectivity index is 2.01. The highest BCUT2D eigenvalue weighted by Crippen LogP contribution is 2.21. The van der Waals surface area contributed by atoms with Gasteiger partial charge in [-0.2, -0.15) is 0 Å². The quantitative estimate of drug-likeness (QED) is 0.774. The molecule has 0 bridgehead atoms. The Kier molecular flexibility index (Phi) is 5.34. The number of aryl methyl sites for hydroxylation is 2. The lowest BCUT2D eigenvalue weighted by atomic mass is 9.95. The molecule has 21 heavy (non-hydrogen) atoms. The van der Waals surface area contributed by atoms with E-state index in [1.807, 2.05) is 6.07 Å². The molecule has 2 rings (SSSR count). The number of hydrogen-bond donors (Lipinski definition) is 1. The van der Waals surface area contributed by atoms with Crippen LogP contribution in [0.3, 0.4) is 0 Å². The number of rotatable bonds is 6. The molecule has 3 nitrogen and oxygen atoms in total. The summed E-state index contributed by atoms with van der Waals surface area (Å²) in [5, 5.41) is 3.52. The number of nitrogens with one attached hydrogen (secondary N) is 1. The average Bonchev–Trinajstić information content (AvgIpc) is 2.45. The third-order valence-electron chi connectivity index (χ3n) is 3.41. The summed E-state index contributed by atoms with van der Waals surface area (Å²) in [5.74, 6) is 1.73. The smallest absolute Gasteiger partial charge is 0.131 e. The lowest BCUT2D eigenvalue weighted by molar-refractivity contribution is 0.516. The molecule has 1 aromatic carbocycles. The van der Waals surface area contributed by atoms with E-state index in [4.69, 9.17) is 0 Å². The monoisotopic (exact) mass is 347 g/mol. The topological polar surface area (TPSA) is 37.8 Å². The molecule has 4 heteroatoms. The number of anilines is 1. The first-order valence-electron chi connectivity index (χ1n) is 7.34. The molecule has 0 saturated carbocycles. The van der Waals surface area contributed by atoms with Gasteiger partial charge in [-0.25, -0.2) is 9.97 Å². The van der Waals surface area contributed by atoms with E-state index in [2.05, 4.69) is 82.3 Å². The van der Waals surface area contributed by atoms with Crippen LogP contribution in [0, 0.1) is 0 Å². The van der Waals surface area contributed by atoms with Gasteiger partial charge in [-0.05, 0) is 48.2 Å². The maximum atomic E-state index is 4.54. The summed E-state index contributed by atoms with van der Waals surface area (Å²) in [6.07, 6.45) is 2.92. The fraction of sp³-hybridized carbons (Fsp3) is 0.412. The van der Waals surface area contributed by atoms with Crippen molar-refractivity contribution in [2.45, 2.75) is 45.6 Å². The van der Waals surface area contributed by atoms with Gasteiger partial charge in [0.25, 0.3) is 0 Å². The highest BCUT2D eigenvalue weighted by molar-refractivity contribution is 9.10. The van der Waals surface area contributed by atoms with E-state index < -0.39 is 0 Å². The maximum Gasteiger partial charge on any atom is 0.131 e. The van der Waals surface area contributed by atoms with Gasteiger partial charge in [0.1, 0.15) is 16.2 Å². The molecular formula is C17H22BrN3. The zero-order chi connectivity index (χ0) is 15.3. The van der Waals surface area contributed by atoms with Gasteiger partial charge in [-0.1, -0.05) is 37.3 Å². The molecule has 1 aromatic heterocycles. The first-order valence-corrected chi connectivity index (χ1v) is 8.13. The number of aromatic nitrogens is 2. The molecule has 0 aliphatic heterocycles. The minimum Gasteiger partial charge on any atom is -0.365 e. The predicted molar refractivity (Wildman–Crippen MR) is 91.6 cm³/mol. The van der Waals surface area contributed by atoms with Crippen LogP contribution < -0.4 is 5.32 Å². The van der Waals surface area contributed by atoms with E-state index >= 15 is 0 Å². The van der Waals surface area contributed by atoms with Gasteiger partial charge in [-0.3, -0.25) is 0 Å². The zero-order valence-electron chi connectivity index (χ0n) is 12.9. The summed E-state index contributed by atoms with van der Waals surface area (Å²) < 4.78 is 0.829. The fourth-order valence-corrected chi connectivity index (χ4v) is 2.62. The molecule has 0 spiro atoms. The minimum atomic E-state index is -0.0192. The highest BCUT2D eigenvalue weighted by atomic mass is 79.9. The van der Waals surface area contributed by atoms with E-state index in [-0.39, 0.29) is 5.54 Å². The number of hydrogen-bond acceptors (Lipinski definition) is 3. The normalized spacial score (nSPS) is 11.4. The third-order valence-corrected chi connectivity index (χ3v) is 3.81. The standard InChI is InChI=1S/C17H22BrN3/c1-4-15-19-14(18)12-16(20-15)21-17(2,3)11-10-13-8-6-5-7-9-13/h5-9,12H,4,10-11H2,1-3H3,(H,19,20,21). The zero-order valence-corrected chi connectivity index (χ0v) is 14.4. The van der Waals surface area contributed by atoms with Gasteiger partial charge in [0.2, 0.25) is 0 Å². The summed E-state index contributed by atoms with van der Waals surface area (Å²) in [4.78, 5) is 8.88. The van der Waals surface area contributed by atoms with Gasteiger partial charge in [0.15, 0.2) is 0 Å². The molecule has 0 unspecified atom stereocenters. The van der Waals surface area contributed by atoms with Crippen LogP contribution in [0.1, 0.15) is 38.6 Å². The van der Waals surface area contributed by atoms with Crippen LogP contribution in [-0.4, -0.2) is 15.5 Å². The van der Waals surface area contributed by atoms with Crippen molar-refractivity contribution in [1.29, 1.82) is 0 Å². The predicted octanol–water partition coefficient (Wildman–Crippen LogP) is 4.62. The van der Waals surface area contributed by atoms with Gasteiger partial charge in [0, 0.05) is 18.0 Å². The average molecular weight is 348 g/mol. The Morgan fingerprint density at radius 3 is 2.52 bits per heavy atom. The van der Waals surface area contributed by atoms with E-state index in [1.54, 1.807) is 0 Å². The number of nitrogens with zero attached hydrogens (tertiary/aromatic N) is 2. The summed E-state index contributed by atoms with van der Waals surface area (Å²) in [7, 11) is 0.